The zero-order chi connectivity index (χ0) is 16.7. The molecule has 0 radical (unpaired) electrons. The molecule has 0 saturated carbocycles. The summed E-state index contributed by atoms with van der Waals surface area (Å²) < 4.78 is 10.4. The zero-order valence-electron chi connectivity index (χ0n) is 13.2. The van der Waals surface area contributed by atoms with Gasteiger partial charge in [0.05, 0.1) is 0 Å². The predicted molar refractivity (Wildman–Crippen MR) is 88.2 cm³/mol. The van der Waals surface area contributed by atoms with Crippen LogP contribution in [0.15, 0.2) is 33.9 Å². The van der Waals surface area contributed by atoms with Crippen LogP contribution in [0.2, 0.25) is 0 Å². The topological polar surface area (TPSA) is 81.4 Å². The number of esters is 1. The molecule has 0 bridgehead atoms. The van der Waals surface area contributed by atoms with Gasteiger partial charge in [-0.15, -0.1) is 0 Å². The largest absolute Gasteiger partial charge is 0.455 e. The molecule has 1 aromatic heterocycles. The van der Waals surface area contributed by atoms with Crippen molar-refractivity contribution in [2.24, 2.45) is 5.92 Å². The van der Waals surface area contributed by atoms with E-state index in [9.17, 15) is 9.59 Å². The molecular weight excluding hydrogens is 316 g/mol. The van der Waals surface area contributed by atoms with Crippen LogP contribution in [0, 0.1) is 5.92 Å². The van der Waals surface area contributed by atoms with Crippen LogP contribution in [0.25, 0.3) is 11.1 Å². The first-order valence-corrected chi connectivity index (χ1v) is 8.44. The molecule has 1 heterocycles. The molecule has 124 valence electrons. The van der Waals surface area contributed by atoms with E-state index in [4.69, 9.17) is 9.15 Å². The number of nitrogens with one attached hydrogen (secondary N) is 1. The van der Waals surface area contributed by atoms with Crippen LogP contribution in [0.4, 0.5) is 0 Å². The molecule has 0 saturated heterocycles. The van der Waals surface area contributed by atoms with Gasteiger partial charge in [0.15, 0.2) is 12.2 Å². The maximum absolute atomic E-state index is 11.6. The van der Waals surface area contributed by atoms with Crippen LogP contribution in [-0.2, 0) is 14.3 Å². The number of hydrogen-bond acceptors (Lipinski definition) is 6. The average Bonchev–Trinajstić information content (AvgIpc) is 2.93. The Morgan fingerprint density at radius 1 is 1.35 bits per heavy atom. The Morgan fingerprint density at radius 3 is 2.87 bits per heavy atom. The molecule has 0 atom stereocenters. The van der Waals surface area contributed by atoms with Crippen LogP contribution in [0.3, 0.4) is 0 Å². The maximum Gasteiger partial charge on any atom is 0.316 e. The molecule has 0 aliphatic heterocycles. The number of para-hydroxylation sites is 2. The van der Waals surface area contributed by atoms with E-state index in [0.29, 0.717) is 23.3 Å². The number of oxazole rings is 1. The number of fused-ring (bicyclic) bond motifs is 1. The summed E-state index contributed by atoms with van der Waals surface area (Å²) in [5.74, 6) is -0.195. The van der Waals surface area contributed by atoms with Crippen molar-refractivity contribution < 1.29 is 18.7 Å². The monoisotopic (exact) mass is 336 g/mol. The molecule has 2 rings (SSSR count). The van der Waals surface area contributed by atoms with Crippen molar-refractivity contribution in [2.75, 3.05) is 18.9 Å². The van der Waals surface area contributed by atoms with Gasteiger partial charge < -0.3 is 14.5 Å². The fourth-order valence-corrected chi connectivity index (χ4v) is 2.41. The minimum atomic E-state index is -0.476. The summed E-state index contributed by atoms with van der Waals surface area (Å²) in [5.41, 5.74) is 1.42. The number of hydrogen-bond donors (Lipinski definition) is 1. The number of amides is 1. The van der Waals surface area contributed by atoms with E-state index in [0.717, 1.165) is 23.7 Å². The number of benzene rings is 1. The van der Waals surface area contributed by atoms with Crippen molar-refractivity contribution in [1.82, 2.24) is 10.3 Å². The van der Waals surface area contributed by atoms with Gasteiger partial charge >= 0.3 is 5.97 Å². The van der Waals surface area contributed by atoms with Crippen molar-refractivity contribution in [3.05, 3.63) is 24.3 Å². The van der Waals surface area contributed by atoms with E-state index in [1.807, 2.05) is 24.3 Å². The van der Waals surface area contributed by atoms with Crippen LogP contribution >= 0.6 is 11.8 Å². The van der Waals surface area contributed by atoms with Gasteiger partial charge in [-0.2, -0.15) is 0 Å². The minimum absolute atomic E-state index is 0.0477. The van der Waals surface area contributed by atoms with E-state index in [-0.39, 0.29) is 18.3 Å². The van der Waals surface area contributed by atoms with Crippen LogP contribution < -0.4 is 5.32 Å². The normalized spacial score (nSPS) is 10.9. The van der Waals surface area contributed by atoms with Crippen molar-refractivity contribution in [2.45, 2.75) is 25.5 Å². The van der Waals surface area contributed by atoms with E-state index >= 15 is 0 Å². The second kappa shape index (κ2) is 8.57. The summed E-state index contributed by atoms with van der Waals surface area (Å²) >= 11 is 1.14. The third kappa shape index (κ3) is 5.94. The first-order valence-electron chi connectivity index (χ1n) is 7.45. The van der Waals surface area contributed by atoms with Crippen LogP contribution in [0.1, 0.15) is 20.3 Å². The highest BCUT2D eigenvalue weighted by atomic mass is 32.2. The Bertz CT molecular complexity index is 636. The number of nitrogens with zero attached hydrogens (tertiary/aromatic N) is 1. The third-order valence-corrected chi connectivity index (χ3v) is 3.80. The van der Waals surface area contributed by atoms with E-state index in [1.54, 1.807) is 0 Å². The van der Waals surface area contributed by atoms with Gasteiger partial charge in [-0.3, -0.25) is 9.59 Å². The number of ether oxygens (including phenoxy) is 1. The van der Waals surface area contributed by atoms with Crippen molar-refractivity contribution in [3.8, 4) is 0 Å². The van der Waals surface area contributed by atoms with Gasteiger partial charge in [0, 0.05) is 6.54 Å². The highest BCUT2D eigenvalue weighted by molar-refractivity contribution is 7.99. The molecule has 7 heteroatoms. The van der Waals surface area contributed by atoms with Gasteiger partial charge in [0.2, 0.25) is 0 Å². The standard InChI is InChI=1S/C16H20N2O4S/c1-11(2)7-8-17-14(19)9-21-15(20)10-23-16-18-12-5-3-4-6-13(12)22-16/h3-6,11H,7-10H2,1-2H3,(H,17,19). The van der Waals surface area contributed by atoms with Gasteiger partial charge in [-0.1, -0.05) is 37.7 Å². The van der Waals surface area contributed by atoms with Crippen molar-refractivity contribution in [1.29, 1.82) is 0 Å². The van der Waals surface area contributed by atoms with Gasteiger partial charge in [-0.05, 0) is 24.5 Å². The lowest BCUT2D eigenvalue weighted by Crippen LogP contribution is -2.30. The van der Waals surface area contributed by atoms with Crippen LogP contribution in [-0.4, -0.2) is 35.8 Å². The Morgan fingerprint density at radius 2 is 2.13 bits per heavy atom. The summed E-state index contributed by atoms with van der Waals surface area (Å²) in [6, 6.07) is 7.37. The van der Waals surface area contributed by atoms with Gasteiger partial charge in [-0.25, -0.2) is 4.98 Å². The lowest BCUT2D eigenvalue weighted by molar-refractivity contribution is -0.145. The SMILES string of the molecule is CC(C)CCNC(=O)COC(=O)CSc1nc2ccccc2o1. The zero-order valence-corrected chi connectivity index (χ0v) is 14.0. The van der Waals surface area contributed by atoms with Crippen molar-refractivity contribution in [3.63, 3.8) is 0 Å². The molecule has 6 nitrogen and oxygen atoms in total. The number of thioether (sulfide) groups is 1. The number of rotatable bonds is 8. The summed E-state index contributed by atoms with van der Waals surface area (Å²) in [6.07, 6.45) is 0.896. The maximum atomic E-state index is 11.6. The van der Waals surface area contributed by atoms with Crippen molar-refractivity contribution >= 4 is 34.7 Å². The molecule has 1 N–H and O–H groups in total. The summed E-state index contributed by atoms with van der Waals surface area (Å²) in [4.78, 5) is 27.4. The molecule has 0 unspecified atom stereocenters. The Hall–Kier alpha value is -2.02. The Balaban J connectivity index is 1.67. The predicted octanol–water partition coefficient (Wildman–Crippen LogP) is 2.63. The molecule has 1 aromatic carbocycles. The quantitative estimate of drug-likeness (QED) is 0.589. The molecule has 0 aliphatic rings. The fourth-order valence-electron chi connectivity index (χ4n) is 1.77. The summed E-state index contributed by atoms with van der Waals surface area (Å²) in [5, 5.41) is 3.11. The van der Waals surface area contributed by atoms with Gasteiger partial charge in [0.25, 0.3) is 11.1 Å². The third-order valence-electron chi connectivity index (χ3n) is 3.00. The van der Waals surface area contributed by atoms with E-state index in [2.05, 4.69) is 24.1 Å². The average molecular weight is 336 g/mol. The smallest absolute Gasteiger partial charge is 0.316 e. The highest BCUT2D eigenvalue weighted by Crippen LogP contribution is 2.22. The summed E-state index contributed by atoms with van der Waals surface area (Å²) in [6.45, 7) is 4.49. The Kier molecular flexibility index (Phi) is 6.46. The molecule has 1 amide bonds. The molecule has 0 fully saturated rings. The molecule has 2 aromatic rings. The first kappa shape index (κ1) is 17.3. The number of carbonyl (C=O) groups excluding carboxylic acids is 2. The number of aromatic nitrogens is 1. The lowest BCUT2D eigenvalue weighted by atomic mass is 10.1. The van der Waals surface area contributed by atoms with E-state index in [1.165, 1.54) is 0 Å². The second-order valence-electron chi connectivity index (χ2n) is 5.43. The fraction of sp³-hybridized carbons (Fsp3) is 0.438. The Labute approximate surface area is 139 Å². The highest BCUT2D eigenvalue weighted by Gasteiger charge is 2.11. The molecule has 0 spiro atoms. The second-order valence-corrected chi connectivity index (χ2v) is 6.36. The van der Waals surface area contributed by atoms with Crippen LogP contribution in [0.5, 0.6) is 0 Å². The summed E-state index contributed by atoms with van der Waals surface area (Å²) in [7, 11) is 0. The lowest BCUT2D eigenvalue weighted by Gasteiger charge is -2.07. The molecular formula is C16H20N2O4S. The van der Waals surface area contributed by atoms with E-state index < -0.39 is 5.97 Å². The minimum Gasteiger partial charge on any atom is -0.455 e. The molecule has 23 heavy (non-hydrogen) atoms. The number of carbonyl (C=O) groups is 2. The first-order chi connectivity index (χ1) is 11.0. The van der Waals surface area contributed by atoms with Gasteiger partial charge in [0.1, 0.15) is 11.3 Å². The molecule has 0 aliphatic carbocycles.